The van der Waals surface area contributed by atoms with E-state index in [-0.39, 0.29) is 17.3 Å². The lowest BCUT2D eigenvalue weighted by molar-refractivity contribution is -0.116. The molecule has 4 N–H and O–H groups in total. The van der Waals surface area contributed by atoms with E-state index in [1.165, 1.54) is 6.07 Å². The SMILES string of the molecule is CCNc1cc(C)nc(NCCNS(=O)(=O)c2ccc3c(c2)CCC(=O)N3)n1. The molecule has 0 radical (unpaired) electrons. The fourth-order valence-electron chi connectivity index (χ4n) is 2.89. The zero-order valence-corrected chi connectivity index (χ0v) is 16.7. The number of anilines is 3. The third kappa shape index (κ3) is 4.96. The van der Waals surface area contributed by atoms with Gasteiger partial charge in [0, 0.05) is 43.5 Å². The molecule has 10 heteroatoms. The predicted octanol–water partition coefficient (Wildman–Crippen LogP) is 1.49. The second kappa shape index (κ2) is 8.53. The predicted molar refractivity (Wildman–Crippen MR) is 108 cm³/mol. The van der Waals surface area contributed by atoms with Crippen LogP contribution >= 0.6 is 0 Å². The molecule has 0 saturated carbocycles. The third-order valence-electron chi connectivity index (χ3n) is 4.19. The summed E-state index contributed by atoms with van der Waals surface area (Å²) in [5.74, 6) is 1.11. The molecular weight excluding hydrogens is 380 g/mol. The van der Waals surface area contributed by atoms with Gasteiger partial charge in [-0.1, -0.05) is 0 Å². The minimum absolute atomic E-state index is 0.0528. The van der Waals surface area contributed by atoms with Crippen molar-refractivity contribution < 1.29 is 13.2 Å². The molecule has 1 aliphatic heterocycles. The number of hydrogen-bond donors (Lipinski definition) is 4. The van der Waals surface area contributed by atoms with Crippen molar-refractivity contribution >= 4 is 33.4 Å². The number of aromatic nitrogens is 2. The first-order chi connectivity index (χ1) is 13.4. The number of nitrogens with zero attached hydrogens (tertiary/aromatic N) is 2. The fourth-order valence-corrected chi connectivity index (χ4v) is 3.97. The molecule has 150 valence electrons. The van der Waals surface area contributed by atoms with E-state index in [0.717, 1.165) is 23.6 Å². The van der Waals surface area contributed by atoms with Crippen LogP contribution in [0.2, 0.25) is 0 Å². The number of aryl methyl sites for hydroxylation is 2. The van der Waals surface area contributed by atoms with Gasteiger partial charge < -0.3 is 16.0 Å². The lowest BCUT2D eigenvalue weighted by atomic mass is 10.0. The summed E-state index contributed by atoms with van der Waals surface area (Å²) in [5, 5.41) is 8.89. The van der Waals surface area contributed by atoms with Crippen molar-refractivity contribution in [1.82, 2.24) is 14.7 Å². The van der Waals surface area contributed by atoms with E-state index in [9.17, 15) is 13.2 Å². The third-order valence-corrected chi connectivity index (χ3v) is 5.65. The summed E-state index contributed by atoms with van der Waals surface area (Å²) in [5.41, 5.74) is 2.31. The maximum atomic E-state index is 12.5. The monoisotopic (exact) mass is 404 g/mol. The Labute approximate surface area is 164 Å². The Morgan fingerprint density at radius 2 is 1.93 bits per heavy atom. The van der Waals surface area contributed by atoms with Crippen LogP contribution in [0, 0.1) is 6.92 Å². The first-order valence-corrected chi connectivity index (χ1v) is 10.6. The van der Waals surface area contributed by atoms with Crippen LogP contribution in [0.5, 0.6) is 0 Å². The number of nitrogens with one attached hydrogen (secondary N) is 4. The Balaban J connectivity index is 1.58. The van der Waals surface area contributed by atoms with Crippen molar-refractivity contribution in [2.75, 3.05) is 35.6 Å². The number of amides is 1. The molecule has 1 aromatic carbocycles. The topological polar surface area (TPSA) is 125 Å². The van der Waals surface area contributed by atoms with Gasteiger partial charge in [-0.25, -0.2) is 18.1 Å². The highest BCUT2D eigenvalue weighted by Crippen LogP contribution is 2.25. The Kier molecular flexibility index (Phi) is 6.10. The van der Waals surface area contributed by atoms with E-state index in [1.54, 1.807) is 12.1 Å². The van der Waals surface area contributed by atoms with Gasteiger partial charge in [0.25, 0.3) is 0 Å². The first-order valence-electron chi connectivity index (χ1n) is 9.13. The number of fused-ring (bicyclic) bond motifs is 1. The highest BCUT2D eigenvalue weighted by atomic mass is 32.2. The standard InChI is InChI=1S/C18H24N6O3S/c1-3-19-16-10-12(2)22-18(24-16)20-8-9-21-28(26,27)14-5-6-15-13(11-14)4-7-17(25)23-15/h5-6,10-11,21H,3-4,7-9H2,1-2H3,(H,23,25)(H2,19,20,22,24). The van der Waals surface area contributed by atoms with Crippen molar-refractivity contribution in [3.05, 3.63) is 35.5 Å². The lowest BCUT2D eigenvalue weighted by Gasteiger charge is -2.17. The molecule has 1 aromatic heterocycles. The Bertz CT molecular complexity index is 977. The minimum atomic E-state index is -3.64. The van der Waals surface area contributed by atoms with Crippen LogP contribution in [0.15, 0.2) is 29.2 Å². The van der Waals surface area contributed by atoms with E-state index in [0.29, 0.717) is 31.0 Å². The van der Waals surface area contributed by atoms with Gasteiger partial charge in [-0.05, 0) is 44.0 Å². The van der Waals surface area contributed by atoms with E-state index < -0.39 is 10.0 Å². The molecule has 9 nitrogen and oxygen atoms in total. The van der Waals surface area contributed by atoms with Crippen molar-refractivity contribution in [2.45, 2.75) is 31.6 Å². The van der Waals surface area contributed by atoms with E-state index in [1.807, 2.05) is 19.9 Å². The maximum absolute atomic E-state index is 12.5. The number of sulfonamides is 1. The Morgan fingerprint density at radius 3 is 2.71 bits per heavy atom. The fraction of sp³-hybridized carbons (Fsp3) is 0.389. The van der Waals surface area contributed by atoms with Crippen molar-refractivity contribution in [3.63, 3.8) is 0 Å². The molecule has 0 atom stereocenters. The highest BCUT2D eigenvalue weighted by Gasteiger charge is 2.19. The zero-order valence-electron chi connectivity index (χ0n) is 15.9. The summed E-state index contributed by atoms with van der Waals surface area (Å²) in [7, 11) is -3.64. The van der Waals surface area contributed by atoms with Crippen molar-refractivity contribution in [1.29, 1.82) is 0 Å². The van der Waals surface area contributed by atoms with Gasteiger partial charge in [-0.15, -0.1) is 0 Å². The number of benzene rings is 1. The lowest BCUT2D eigenvalue weighted by Crippen LogP contribution is -2.29. The quantitative estimate of drug-likeness (QED) is 0.491. The van der Waals surface area contributed by atoms with Crippen LogP contribution in [0.3, 0.4) is 0 Å². The van der Waals surface area contributed by atoms with E-state index >= 15 is 0 Å². The molecule has 1 aliphatic rings. The van der Waals surface area contributed by atoms with Gasteiger partial charge in [0.05, 0.1) is 4.90 Å². The van der Waals surface area contributed by atoms with Crippen LogP contribution in [0.1, 0.15) is 24.6 Å². The molecule has 0 aliphatic carbocycles. The normalized spacial score (nSPS) is 13.6. The van der Waals surface area contributed by atoms with Crippen molar-refractivity contribution in [2.24, 2.45) is 0 Å². The molecule has 2 heterocycles. The van der Waals surface area contributed by atoms with Gasteiger partial charge in [0.15, 0.2) is 0 Å². The zero-order chi connectivity index (χ0) is 20.1. The number of hydrogen-bond acceptors (Lipinski definition) is 7. The van der Waals surface area contributed by atoms with Crippen LogP contribution in [-0.2, 0) is 21.2 Å². The molecule has 1 amide bonds. The van der Waals surface area contributed by atoms with Crippen LogP contribution in [0.4, 0.5) is 17.5 Å². The average molecular weight is 404 g/mol. The van der Waals surface area contributed by atoms with E-state index in [4.69, 9.17) is 0 Å². The molecule has 0 spiro atoms. The molecule has 0 unspecified atom stereocenters. The molecule has 0 bridgehead atoms. The number of rotatable bonds is 8. The van der Waals surface area contributed by atoms with Crippen LogP contribution in [0.25, 0.3) is 0 Å². The summed E-state index contributed by atoms with van der Waals surface area (Å²) in [6, 6.07) is 6.57. The molecule has 0 saturated heterocycles. The number of carbonyl (C=O) groups excluding carboxylic acids is 1. The van der Waals surface area contributed by atoms with Gasteiger partial charge in [-0.3, -0.25) is 4.79 Å². The number of carbonyl (C=O) groups is 1. The largest absolute Gasteiger partial charge is 0.370 e. The van der Waals surface area contributed by atoms with Gasteiger partial charge in [0.1, 0.15) is 5.82 Å². The Morgan fingerprint density at radius 1 is 1.11 bits per heavy atom. The van der Waals surface area contributed by atoms with E-state index in [2.05, 4.69) is 30.6 Å². The summed E-state index contributed by atoms with van der Waals surface area (Å²) in [6.07, 6.45) is 0.893. The maximum Gasteiger partial charge on any atom is 0.240 e. The summed E-state index contributed by atoms with van der Waals surface area (Å²) in [6.45, 7) is 5.13. The summed E-state index contributed by atoms with van der Waals surface area (Å²) < 4.78 is 27.6. The van der Waals surface area contributed by atoms with Crippen LogP contribution < -0.4 is 20.7 Å². The summed E-state index contributed by atoms with van der Waals surface area (Å²) >= 11 is 0. The molecular formula is C18H24N6O3S. The second-order valence-corrected chi connectivity index (χ2v) is 8.21. The molecule has 0 fully saturated rings. The molecule has 28 heavy (non-hydrogen) atoms. The molecule has 3 rings (SSSR count). The minimum Gasteiger partial charge on any atom is -0.370 e. The van der Waals surface area contributed by atoms with Gasteiger partial charge >= 0.3 is 0 Å². The van der Waals surface area contributed by atoms with Gasteiger partial charge in [0.2, 0.25) is 21.9 Å². The molecule has 2 aromatic rings. The van der Waals surface area contributed by atoms with Crippen molar-refractivity contribution in [3.8, 4) is 0 Å². The highest BCUT2D eigenvalue weighted by molar-refractivity contribution is 7.89. The summed E-state index contributed by atoms with van der Waals surface area (Å²) in [4.78, 5) is 20.2. The van der Waals surface area contributed by atoms with Gasteiger partial charge in [-0.2, -0.15) is 4.98 Å². The van der Waals surface area contributed by atoms with Crippen LogP contribution in [-0.4, -0.2) is 43.9 Å². The smallest absolute Gasteiger partial charge is 0.240 e. The second-order valence-electron chi connectivity index (χ2n) is 6.44. The Hall–Kier alpha value is -2.72. The average Bonchev–Trinajstić information content (AvgIpc) is 2.64. The first kappa shape index (κ1) is 20.0.